The molecule has 2 aliphatic rings. The zero-order valence-electron chi connectivity index (χ0n) is 13.7. The molecular weight excluding hydrogens is 254 g/mol. The van der Waals surface area contributed by atoms with E-state index in [0.717, 1.165) is 19.6 Å². The Bertz CT molecular complexity index is 336. The molecule has 1 unspecified atom stereocenters. The van der Waals surface area contributed by atoms with Gasteiger partial charge in [-0.2, -0.15) is 0 Å². The Hall–Kier alpha value is 0.0969. The minimum Gasteiger partial charge on any atom is -0.415 e. The Balaban J connectivity index is 1.91. The van der Waals surface area contributed by atoms with Crippen molar-refractivity contribution in [1.29, 1.82) is 0 Å². The fourth-order valence-electron chi connectivity index (χ4n) is 2.95. The van der Waals surface area contributed by atoms with Gasteiger partial charge < -0.3 is 14.5 Å². The highest BCUT2D eigenvalue weighted by atomic mass is 28.4. The largest absolute Gasteiger partial charge is 0.415 e. The van der Waals surface area contributed by atoms with Crippen LogP contribution in [0.1, 0.15) is 41.0 Å². The van der Waals surface area contributed by atoms with Gasteiger partial charge in [0.25, 0.3) is 0 Å². The summed E-state index contributed by atoms with van der Waals surface area (Å²) < 4.78 is 12.5. The van der Waals surface area contributed by atoms with Crippen LogP contribution < -0.4 is 5.32 Å². The quantitative estimate of drug-likeness (QED) is 0.808. The molecule has 0 aromatic rings. The summed E-state index contributed by atoms with van der Waals surface area (Å²) in [5.74, 6) is 0.625. The molecule has 2 heterocycles. The van der Waals surface area contributed by atoms with Crippen LogP contribution in [0.4, 0.5) is 0 Å². The predicted molar refractivity (Wildman–Crippen MR) is 82.0 cm³/mol. The van der Waals surface area contributed by atoms with Gasteiger partial charge in [0.15, 0.2) is 8.32 Å². The van der Waals surface area contributed by atoms with Gasteiger partial charge in [0.05, 0.1) is 11.7 Å². The molecule has 1 N–H and O–H groups in total. The molecule has 0 bridgehead atoms. The molecule has 2 aliphatic heterocycles. The molecule has 3 atom stereocenters. The first-order valence-electron chi connectivity index (χ1n) is 7.57. The highest BCUT2D eigenvalue weighted by molar-refractivity contribution is 6.74. The molecule has 112 valence electrons. The van der Waals surface area contributed by atoms with Crippen molar-refractivity contribution in [1.82, 2.24) is 5.32 Å². The first-order chi connectivity index (χ1) is 8.52. The topological polar surface area (TPSA) is 30.5 Å². The van der Waals surface area contributed by atoms with E-state index in [4.69, 9.17) is 9.16 Å². The van der Waals surface area contributed by atoms with Crippen LogP contribution in [0.25, 0.3) is 0 Å². The van der Waals surface area contributed by atoms with E-state index in [1.165, 1.54) is 0 Å². The predicted octanol–water partition coefficient (Wildman–Crippen LogP) is 3.16. The van der Waals surface area contributed by atoms with E-state index < -0.39 is 8.32 Å². The first kappa shape index (κ1) is 15.5. The van der Waals surface area contributed by atoms with Crippen LogP contribution in [0, 0.1) is 5.92 Å². The molecular formula is C15H31NO2Si. The second kappa shape index (κ2) is 4.83. The summed E-state index contributed by atoms with van der Waals surface area (Å²) in [6, 6.07) is 0.473. The third-order valence-electron chi connectivity index (χ3n) is 5.20. The molecule has 0 radical (unpaired) electrons. The minimum atomic E-state index is -1.63. The molecule has 3 nitrogen and oxygen atoms in total. The Labute approximate surface area is 119 Å². The van der Waals surface area contributed by atoms with Crippen LogP contribution in [-0.4, -0.2) is 39.2 Å². The van der Waals surface area contributed by atoms with Crippen LogP contribution in [-0.2, 0) is 9.16 Å². The molecule has 19 heavy (non-hydrogen) atoms. The van der Waals surface area contributed by atoms with E-state index in [1.54, 1.807) is 0 Å². The molecule has 0 aliphatic carbocycles. The van der Waals surface area contributed by atoms with Gasteiger partial charge in [-0.05, 0) is 38.4 Å². The van der Waals surface area contributed by atoms with E-state index in [2.05, 4.69) is 53.0 Å². The average molecular weight is 286 g/mol. The molecule has 0 aromatic carbocycles. The molecule has 0 spiro atoms. The molecule has 0 amide bonds. The van der Waals surface area contributed by atoms with Gasteiger partial charge in [-0.1, -0.05) is 20.8 Å². The van der Waals surface area contributed by atoms with Crippen molar-refractivity contribution in [2.75, 3.05) is 13.2 Å². The van der Waals surface area contributed by atoms with Crippen LogP contribution >= 0.6 is 0 Å². The maximum atomic E-state index is 6.38. The minimum absolute atomic E-state index is 0.0483. The average Bonchev–Trinajstić information content (AvgIpc) is 2.68. The van der Waals surface area contributed by atoms with Gasteiger partial charge in [-0.3, -0.25) is 0 Å². The van der Waals surface area contributed by atoms with Crippen molar-refractivity contribution < 1.29 is 9.16 Å². The molecule has 0 aromatic heterocycles. The maximum absolute atomic E-state index is 6.38. The van der Waals surface area contributed by atoms with Crippen LogP contribution in [0.5, 0.6) is 0 Å². The van der Waals surface area contributed by atoms with E-state index >= 15 is 0 Å². The summed E-state index contributed by atoms with van der Waals surface area (Å²) in [7, 11) is -1.63. The molecule has 2 saturated heterocycles. The molecule has 2 rings (SSSR count). The van der Waals surface area contributed by atoms with Crippen molar-refractivity contribution in [2.24, 2.45) is 5.92 Å². The summed E-state index contributed by atoms with van der Waals surface area (Å²) in [6.07, 6.45) is 1.54. The normalized spacial score (nSPS) is 34.6. The van der Waals surface area contributed by atoms with Crippen molar-refractivity contribution in [3.63, 3.8) is 0 Å². The van der Waals surface area contributed by atoms with Crippen LogP contribution in [0.15, 0.2) is 0 Å². The SMILES string of the molecule is CC1(C)C[C@H]2C(CN[C@@H]2CO[Si](C)(C)C(C)(C)C)O1. The fraction of sp³-hybridized carbons (Fsp3) is 1.00. The highest BCUT2D eigenvalue weighted by Gasteiger charge is 2.48. The fourth-order valence-corrected chi connectivity index (χ4v) is 3.98. The van der Waals surface area contributed by atoms with Gasteiger partial charge in [0.1, 0.15) is 0 Å². The Morgan fingerprint density at radius 1 is 1.32 bits per heavy atom. The lowest BCUT2D eigenvalue weighted by atomic mass is 9.91. The van der Waals surface area contributed by atoms with Crippen molar-refractivity contribution in [2.45, 2.75) is 76.9 Å². The lowest BCUT2D eigenvalue weighted by Gasteiger charge is -2.37. The van der Waals surface area contributed by atoms with Crippen LogP contribution in [0.3, 0.4) is 0 Å². The number of nitrogens with one attached hydrogen (secondary N) is 1. The van der Waals surface area contributed by atoms with E-state index in [9.17, 15) is 0 Å². The van der Waals surface area contributed by atoms with Crippen molar-refractivity contribution >= 4 is 8.32 Å². The standard InChI is InChI=1S/C15H31NO2Si/c1-14(2,3)19(6,7)17-10-12-11-8-15(4,5)18-13(11)9-16-12/h11-13,16H,8-10H2,1-7H3/t11-,12-,13?/m1/s1. The maximum Gasteiger partial charge on any atom is 0.192 e. The van der Waals surface area contributed by atoms with E-state index in [0.29, 0.717) is 18.1 Å². The van der Waals surface area contributed by atoms with Crippen LogP contribution in [0.2, 0.25) is 18.1 Å². The number of ether oxygens (including phenoxy) is 1. The van der Waals surface area contributed by atoms with Gasteiger partial charge in [-0.15, -0.1) is 0 Å². The monoisotopic (exact) mass is 285 g/mol. The highest BCUT2D eigenvalue weighted by Crippen LogP contribution is 2.41. The summed E-state index contributed by atoms with van der Waals surface area (Å²) in [4.78, 5) is 0. The lowest BCUT2D eigenvalue weighted by molar-refractivity contribution is -0.0120. The van der Waals surface area contributed by atoms with Gasteiger partial charge in [0, 0.05) is 25.1 Å². The second-order valence-corrected chi connectivity index (χ2v) is 13.2. The van der Waals surface area contributed by atoms with E-state index in [1.807, 2.05) is 0 Å². The number of hydrogen-bond acceptors (Lipinski definition) is 3. The third kappa shape index (κ3) is 3.23. The zero-order chi connectivity index (χ0) is 14.5. The first-order valence-corrected chi connectivity index (χ1v) is 10.5. The van der Waals surface area contributed by atoms with Gasteiger partial charge >= 0.3 is 0 Å². The van der Waals surface area contributed by atoms with E-state index in [-0.39, 0.29) is 10.6 Å². The lowest BCUT2D eigenvalue weighted by Crippen LogP contribution is -2.45. The Morgan fingerprint density at radius 2 is 1.95 bits per heavy atom. The molecule has 2 fully saturated rings. The number of rotatable bonds is 3. The van der Waals surface area contributed by atoms with Crippen molar-refractivity contribution in [3.05, 3.63) is 0 Å². The molecule has 0 saturated carbocycles. The number of hydrogen-bond donors (Lipinski definition) is 1. The zero-order valence-corrected chi connectivity index (χ0v) is 14.7. The van der Waals surface area contributed by atoms with Gasteiger partial charge in [-0.25, -0.2) is 0 Å². The van der Waals surface area contributed by atoms with Crippen molar-refractivity contribution in [3.8, 4) is 0 Å². The second-order valence-electron chi connectivity index (χ2n) is 8.37. The summed E-state index contributed by atoms with van der Waals surface area (Å²) in [5, 5.41) is 3.88. The Kier molecular flexibility index (Phi) is 3.94. The Morgan fingerprint density at radius 3 is 2.53 bits per heavy atom. The number of fused-ring (bicyclic) bond motifs is 1. The summed E-state index contributed by atoms with van der Waals surface area (Å²) >= 11 is 0. The molecule has 4 heteroatoms. The smallest absolute Gasteiger partial charge is 0.192 e. The summed E-state index contributed by atoms with van der Waals surface area (Å²) in [6.45, 7) is 17.8. The third-order valence-corrected chi connectivity index (χ3v) is 9.70. The summed E-state index contributed by atoms with van der Waals surface area (Å²) in [5.41, 5.74) is 0.0483. The van der Waals surface area contributed by atoms with Gasteiger partial charge in [0.2, 0.25) is 0 Å².